The predicted molar refractivity (Wildman–Crippen MR) is 76.3 cm³/mol. The summed E-state index contributed by atoms with van der Waals surface area (Å²) in [4.78, 5) is 0. The lowest BCUT2D eigenvalue weighted by atomic mass is 9.58. The van der Waals surface area contributed by atoms with Gasteiger partial charge in [-0.1, -0.05) is 31.4 Å². The van der Waals surface area contributed by atoms with E-state index in [0.29, 0.717) is 0 Å². The molecule has 0 radical (unpaired) electrons. The van der Waals surface area contributed by atoms with E-state index < -0.39 is 0 Å². The van der Waals surface area contributed by atoms with E-state index >= 15 is 0 Å². The molecular weight excluding hydrogens is 216 g/mol. The third kappa shape index (κ3) is 1.71. The Morgan fingerprint density at radius 1 is 0.889 bits per heavy atom. The molecule has 2 unspecified atom stereocenters. The Hall–Kier alpha value is -0.260. The summed E-state index contributed by atoms with van der Waals surface area (Å²) >= 11 is 0. The monoisotopic (exact) mass is 244 g/mol. The highest BCUT2D eigenvalue weighted by Crippen LogP contribution is 2.56. The van der Waals surface area contributed by atoms with Crippen LogP contribution in [0.5, 0.6) is 0 Å². The molecule has 0 saturated heterocycles. The highest BCUT2D eigenvalue weighted by molar-refractivity contribution is 5.21. The van der Waals surface area contributed by atoms with Crippen LogP contribution in [0.4, 0.5) is 0 Å². The van der Waals surface area contributed by atoms with Gasteiger partial charge in [0.15, 0.2) is 0 Å². The summed E-state index contributed by atoms with van der Waals surface area (Å²) in [6.07, 6.45) is 16.4. The van der Waals surface area contributed by atoms with Crippen LogP contribution in [0.1, 0.15) is 64.7 Å². The topological polar surface area (TPSA) is 0 Å². The fraction of sp³-hybridized carbons (Fsp3) is 0.889. The molecule has 0 aromatic heterocycles. The lowest BCUT2D eigenvalue weighted by Crippen LogP contribution is -2.36. The van der Waals surface area contributed by atoms with Gasteiger partial charge < -0.3 is 0 Å². The highest BCUT2D eigenvalue weighted by Gasteiger charge is 2.45. The largest absolute Gasteiger partial charge is 0.0845 e. The Kier molecular flexibility index (Phi) is 2.82. The second-order valence-corrected chi connectivity index (χ2v) is 7.78. The van der Waals surface area contributed by atoms with Crippen molar-refractivity contribution in [1.29, 1.82) is 0 Å². The smallest absolute Gasteiger partial charge is 0.0169 e. The van der Waals surface area contributed by atoms with Crippen molar-refractivity contribution in [2.75, 3.05) is 0 Å². The van der Waals surface area contributed by atoms with Crippen LogP contribution < -0.4 is 0 Å². The van der Waals surface area contributed by atoms with Gasteiger partial charge in [0.1, 0.15) is 0 Å². The van der Waals surface area contributed by atoms with Crippen molar-refractivity contribution >= 4 is 0 Å². The van der Waals surface area contributed by atoms with Crippen molar-refractivity contribution in [2.45, 2.75) is 64.7 Å². The molecule has 0 spiro atoms. The van der Waals surface area contributed by atoms with E-state index in [1.807, 2.05) is 5.57 Å². The van der Waals surface area contributed by atoms with E-state index in [9.17, 15) is 0 Å². The summed E-state index contributed by atoms with van der Waals surface area (Å²) in [5.74, 6) is 6.28. The van der Waals surface area contributed by atoms with Crippen LogP contribution in [0.25, 0.3) is 0 Å². The minimum absolute atomic E-state index is 1.01. The SMILES string of the molecule is CC1C[C@H]2CC=C3[C@H]4CCCCC4CC[C@H]3[C@@H]2C1. The fourth-order valence-electron chi connectivity index (χ4n) is 6.09. The second-order valence-electron chi connectivity index (χ2n) is 7.78. The van der Waals surface area contributed by atoms with Gasteiger partial charge in [-0.15, -0.1) is 0 Å². The third-order valence-corrected chi connectivity index (χ3v) is 6.77. The average Bonchev–Trinajstić information content (AvgIpc) is 2.79. The molecule has 0 N–H and O–H groups in total. The molecule has 0 heterocycles. The summed E-state index contributed by atoms with van der Waals surface area (Å²) in [6.45, 7) is 2.49. The molecular formula is C18H28. The zero-order valence-electron chi connectivity index (χ0n) is 11.9. The Morgan fingerprint density at radius 3 is 2.72 bits per heavy atom. The van der Waals surface area contributed by atoms with Crippen LogP contribution in [-0.4, -0.2) is 0 Å². The van der Waals surface area contributed by atoms with Gasteiger partial charge in [-0.3, -0.25) is 0 Å². The normalized spacial score (nSPS) is 51.1. The summed E-state index contributed by atoms with van der Waals surface area (Å²) in [7, 11) is 0. The van der Waals surface area contributed by atoms with Gasteiger partial charge in [-0.2, -0.15) is 0 Å². The first-order valence-electron chi connectivity index (χ1n) is 8.53. The molecule has 0 aromatic rings. The first kappa shape index (κ1) is 11.6. The zero-order chi connectivity index (χ0) is 12.1. The molecule has 0 nitrogen and oxygen atoms in total. The van der Waals surface area contributed by atoms with Crippen LogP contribution in [0.2, 0.25) is 0 Å². The standard InChI is InChI=1S/C18H28/c1-12-10-14-7-9-16-15-5-3-2-4-13(15)6-8-17(16)18(14)11-12/h9,12-15,17-18H,2-8,10-11H2,1H3/t12?,13?,14-,15+,17-,18-/m1/s1. The number of hydrogen-bond donors (Lipinski definition) is 0. The molecule has 0 amide bonds. The molecule has 4 aliphatic carbocycles. The average molecular weight is 244 g/mol. The Labute approximate surface area is 112 Å². The molecule has 6 atom stereocenters. The van der Waals surface area contributed by atoms with Gasteiger partial charge in [-0.05, 0) is 80.5 Å². The van der Waals surface area contributed by atoms with Crippen molar-refractivity contribution < 1.29 is 0 Å². The van der Waals surface area contributed by atoms with Gasteiger partial charge in [0, 0.05) is 0 Å². The lowest BCUT2D eigenvalue weighted by Gasteiger charge is -2.47. The maximum atomic E-state index is 2.73. The number of fused-ring (bicyclic) bond motifs is 5. The van der Waals surface area contributed by atoms with Gasteiger partial charge in [0.05, 0.1) is 0 Å². The summed E-state index contributed by atoms with van der Waals surface area (Å²) < 4.78 is 0. The molecule has 18 heavy (non-hydrogen) atoms. The number of hydrogen-bond acceptors (Lipinski definition) is 0. The van der Waals surface area contributed by atoms with Crippen molar-refractivity contribution in [3.05, 3.63) is 11.6 Å². The maximum Gasteiger partial charge on any atom is -0.0169 e. The van der Waals surface area contributed by atoms with Gasteiger partial charge in [0.25, 0.3) is 0 Å². The van der Waals surface area contributed by atoms with E-state index in [1.165, 1.54) is 32.1 Å². The lowest BCUT2D eigenvalue weighted by molar-refractivity contribution is 0.137. The second kappa shape index (κ2) is 4.39. The van der Waals surface area contributed by atoms with Crippen molar-refractivity contribution in [3.8, 4) is 0 Å². The molecule has 0 bridgehead atoms. The number of allylic oxidation sites excluding steroid dienone is 2. The van der Waals surface area contributed by atoms with E-state index in [-0.39, 0.29) is 0 Å². The summed E-state index contributed by atoms with van der Waals surface area (Å²) in [6, 6.07) is 0. The molecule has 4 rings (SSSR count). The van der Waals surface area contributed by atoms with Crippen LogP contribution in [0.3, 0.4) is 0 Å². The van der Waals surface area contributed by atoms with Crippen molar-refractivity contribution in [1.82, 2.24) is 0 Å². The van der Waals surface area contributed by atoms with Crippen LogP contribution >= 0.6 is 0 Å². The molecule has 0 aromatic carbocycles. The van der Waals surface area contributed by atoms with Gasteiger partial charge in [0.2, 0.25) is 0 Å². The van der Waals surface area contributed by atoms with Crippen molar-refractivity contribution in [2.24, 2.45) is 35.5 Å². The molecule has 100 valence electrons. The first-order valence-corrected chi connectivity index (χ1v) is 8.53. The zero-order valence-corrected chi connectivity index (χ0v) is 11.9. The van der Waals surface area contributed by atoms with E-state index in [4.69, 9.17) is 0 Å². The van der Waals surface area contributed by atoms with Crippen LogP contribution in [0.15, 0.2) is 11.6 Å². The third-order valence-electron chi connectivity index (χ3n) is 6.77. The van der Waals surface area contributed by atoms with E-state index in [0.717, 1.165) is 35.5 Å². The Morgan fingerprint density at radius 2 is 1.78 bits per heavy atom. The molecule has 3 fully saturated rings. The van der Waals surface area contributed by atoms with Crippen LogP contribution in [-0.2, 0) is 0 Å². The summed E-state index contributed by atoms with van der Waals surface area (Å²) in [5.41, 5.74) is 1.96. The minimum Gasteiger partial charge on any atom is -0.0845 e. The van der Waals surface area contributed by atoms with Crippen LogP contribution in [0, 0.1) is 35.5 Å². The molecule has 4 aliphatic rings. The molecule has 3 saturated carbocycles. The molecule has 0 heteroatoms. The minimum atomic E-state index is 1.01. The highest BCUT2D eigenvalue weighted by atomic mass is 14.5. The number of rotatable bonds is 0. The van der Waals surface area contributed by atoms with E-state index in [2.05, 4.69) is 13.0 Å². The van der Waals surface area contributed by atoms with E-state index in [1.54, 1.807) is 25.7 Å². The van der Waals surface area contributed by atoms with Gasteiger partial charge >= 0.3 is 0 Å². The van der Waals surface area contributed by atoms with Crippen molar-refractivity contribution in [3.63, 3.8) is 0 Å². The predicted octanol–water partition coefficient (Wildman–Crippen LogP) is 5.20. The maximum absolute atomic E-state index is 2.73. The Bertz CT molecular complexity index is 353. The molecule has 0 aliphatic heterocycles. The van der Waals surface area contributed by atoms with Gasteiger partial charge in [-0.25, -0.2) is 0 Å². The Balaban J connectivity index is 1.61. The summed E-state index contributed by atoms with van der Waals surface area (Å²) in [5, 5.41) is 0. The quantitative estimate of drug-likeness (QED) is 0.514. The fourth-order valence-corrected chi connectivity index (χ4v) is 6.09. The first-order chi connectivity index (χ1) is 8.83.